The Balaban J connectivity index is 2.51. The van der Waals surface area contributed by atoms with Gasteiger partial charge in [-0.05, 0) is 24.1 Å². The number of ether oxygens (including phenoxy) is 1. The maximum atomic E-state index is 12.7. The van der Waals surface area contributed by atoms with E-state index in [1.54, 1.807) is 18.3 Å². The summed E-state index contributed by atoms with van der Waals surface area (Å²) in [7, 11) is 1.35. The number of carbonyl (C=O) groups excluding carboxylic acids is 2. The molecule has 1 aliphatic heterocycles. The van der Waals surface area contributed by atoms with Crippen molar-refractivity contribution in [3.8, 4) is 0 Å². The maximum Gasteiger partial charge on any atom is 0.337 e. The van der Waals surface area contributed by atoms with E-state index in [9.17, 15) is 9.59 Å². The van der Waals surface area contributed by atoms with Crippen LogP contribution in [0.1, 0.15) is 49.5 Å². The molecule has 0 amide bonds. The van der Waals surface area contributed by atoms with Gasteiger partial charge in [-0.2, -0.15) is 0 Å². The highest BCUT2D eigenvalue weighted by Gasteiger charge is 2.43. The first-order chi connectivity index (χ1) is 9.96. The van der Waals surface area contributed by atoms with Crippen LogP contribution >= 0.6 is 0 Å². The number of carbonyl (C=O) groups is 2. The summed E-state index contributed by atoms with van der Waals surface area (Å²) in [5, 5.41) is 0. The molecular weight excluding hydrogens is 266 g/mol. The molecule has 1 unspecified atom stereocenters. The van der Waals surface area contributed by atoms with Gasteiger partial charge in [0.25, 0.3) is 0 Å². The minimum Gasteiger partial charge on any atom is -0.465 e. The Kier molecular flexibility index (Phi) is 4.26. The normalized spacial score (nSPS) is 19.7. The molecule has 0 aliphatic carbocycles. The predicted molar refractivity (Wildman–Crippen MR) is 82.4 cm³/mol. The molecule has 1 aromatic rings. The number of hydrogen-bond acceptors (Lipinski definition) is 4. The van der Waals surface area contributed by atoms with E-state index in [2.05, 4.69) is 11.9 Å². The number of hydrogen-bond donors (Lipinski definition) is 0. The number of rotatable bonds is 5. The average Bonchev–Trinajstić information content (AvgIpc) is 2.85. The number of nitrogens with zero attached hydrogens (tertiary/aromatic N) is 1. The molecule has 0 fully saturated rings. The molecule has 0 bridgehead atoms. The Hall–Kier alpha value is -1.97. The second-order valence-corrected chi connectivity index (χ2v) is 5.72. The molecule has 1 aliphatic rings. The second-order valence-electron chi connectivity index (χ2n) is 5.72. The molecule has 112 valence electrons. The zero-order chi connectivity index (χ0) is 15.6. The van der Waals surface area contributed by atoms with E-state index in [1.807, 2.05) is 19.9 Å². The fraction of sp³-hybridized carbons (Fsp3) is 0.471. The molecule has 4 heteroatoms. The first kappa shape index (κ1) is 15.4. The van der Waals surface area contributed by atoms with E-state index in [-0.39, 0.29) is 11.7 Å². The Morgan fingerprint density at radius 3 is 2.62 bits per heavy atom. The van der Waals surface area contributed by atoms with Gasteiger partial charge in [0.05, 0.1) is 23.8 Å². The number of esters is 1. The summed E-state index contributed by atoms with van der Waals surface area (Å²) in [5.74, 6) is -0.275. The molecule has 0 spiro atoms. The van der Waals surface area contributed by atoms with Gasteiger partial charge in [-0.3, -0.25) is 9.79 Å². The summed E-state index contributed by atoms with van der Waals surface area (Å²) < 4.78 is 4.72. The molecule has 0 saturated carbocycles. The van der Waals surface area contributed by atoms with Gasteiger partial charge >= 0.3 is 5.97 Å². The van der Waals surface area contributed by atoms with E-state index in [4.69, 9.17) is 4.74 Å². The lowest BCUT2D eigenvalue weighted by Gasteiger charge is -2.27. The summed E-state index contributed by atoms with van der Waals surface area (Å²) in [6.45, 7) is 5.88. The molecule has 1 heterocycles. The van der Waals surface area contributed by atoms with Crippen LogP contribution in [0, 0.1) is 5.92 Å². The maximum absolute atomic E-state index is 12.7. The predicted octanol–water partition coefficient (Wildman–Crippen LogP) is 3.45. The number of aliphatic imine (C=N–C) groups is 1. The van der Waals surface area contributed by atoms with Gasteiger partial charge < -0.3 is 4.74 Å². The first-order valence-electron chi connectivity index (χ1n) is 7.28. The van der Waals surface area contributed by atoms with Crippen LogP contribution in [0.25, 0.3) is 0 Å². The third-order valence-corrected chi connectivity index (χ3v) is 3.93. The third-order valence-electron chi connectivity index (χ3n) is 3.93. The lowest BCUT2D eigenvalue weighted by atomic mass is 9.72. The summed E-state index contributed by atoms with van der Waals surface area (Å²) >= 11 is 0. The van der Waals surface area contributed by atoms with Crippen LogP contribution in [0.4, 0.5) is 5.69 Å². The van der Waals surface area contributed by atoms with Crippen LogP contribution in [-0.4, -0.2) is 25.1 Å². The van der Waals surface area contributed by atoms with Crippen LogP contribution in [0.3, 0.4) is 0 Å². The van der Waals surface area contributed by atoms with Crippen molar-refractivity contribution in [2.75, 3.05) is 7.11 Å². The highest BCUT2D eigenvalue weighted by Crippen LogP contribution is 2.42. The van der Waals surface area contributed by atoms with Gasteiger partial charge in [-0.25, -0.2) is 4.79 Å². The first-order valence-corrected chi connectivity index (χ1v) is 7.28. The van der Waals surface area contributed by atoms with Gasteiger partial charge in [0.15, 0.2) is 5.78 Å². The minimum absolute atomic E-state index is 0.0609. The lowest BCUT2D eigenvalue weighted by molar-refractivity contribution is -0.125. The summed E-state index contributed by atoms with van der Waals surface area (Å²) in [4.78, 5) is 28.7. The molecular formula is C17H21NO3. The van der Waals surface area contributed by atoms with Crippen LogP contribution in [0.15, 0.2) is 23.2 Å². The molecule has 4 nitrogen and oxygen atoms in total. The number of fused-ring (bicyclic) bond motifs is 1. The van der Waals surface area contributed by atoms with E-state index in [0.717, 1.165) is 18.4 Å². The van der Waals surface area contributed by atoms with Gasteiger partial charge in [0, 0.05) is 12.1 Å². The van der Waals surface area contributed by atoms with Crippen molar-refractivity contribution in [3.05, 3.63) is 29.3 Å². The molecule has 2 rings (SSSR count). The molecule has 1 aromatic carbocycles. The third kappa shape index (κ3) is 2.50. The molecule has 1 atom stereocenters. The molecule has 0 aromatic heterocycles. The Labute approximate surface area is 125 Å². The van der Waals surface area contributed by atoms with Crippen molar-refractivity contribution in [2.45, 2.75) is 39.0 Å². The minimum atomic E-state index is -0.646. The van der Waals surface area contributed by atoms with Crippen molar-refractivity contribution < 1.29 is 14.3 Å². The van der Waals surface area contributed by atoms with Gasteiger partial charge in [-0.1, -0.05) is 33.3 Å². The van der Waals surface area contributed by atoms with Gasteiger partial charge in [-0.15, -0.1) is 0 Å². The second kappa shape index (κ2) is 5.80. The zero-order valence-electron chi connectivity index (χ0n) is 13.0. The van der Waals surface area contributed by atoms with Crippen molar-refractivity contribution in [1.29, 1.82) is 0 Å². The van der Waals surface area contributed by atoms with Crippen molar-refractivity contribution in [1.82, 2.24) is 0 Å². The largest absolute Gasteiger partial charge is 0.465 e. The highest BCUT2D eigenvalue weighted by atomic mass is 16.5. The number of benzene rings is 1. The van der Waals surface area contributed by atoms with E-state index < -0.39 is 11.4 Å². The molecule has 0 saturated heterocycles. The van der Waals surface area contributed by atoms with E-state index >= 15 is 0 Å². The van der Waals surface area contributed by atoms with Gasteiger partial charge in [0.1, 0.15) is 0 Å². The van der Waals surface area contributed by atoms with Crippen LogP contribution in [0.5, 0.6) is 0 Å². The van der Waals surface area contributed by atoms with Crippen LogP contribution < -0.4 is 0 Å². The Bertz CT molecular complexity index is 604. The smallest absolute Gasteiger partial charge is 0.337 e. The molecule has 0 radical (unpaired) electrons. The SMILES string of the molecule is CCCC1(C(=O)C(C)C)C=Nc2cc(C(=O)OC)ccc21. The van der Waals surface area contributed by atoms with Gasteiger partial charge in [0.2, 0.25) is 0 Å². The quantitative estimate of drug-likeness (QED) is 0.779. The van der Waals surface area contributed by atoms with Crippen molar-refractivity contribution in [3.63, 3.8) is 0 Å². The summed E-state index contributed by atoms with van der Waals surface area (Å²) in [5.41, 5.74) is 1.40. The van der Waals surface area contributed by atoms with E-state index in [1.165, 1.54) is 7.11 Å². The fourth-order valence-electron chi connectivity index (χ4n) is 2.94. The fourth-order valence-corrected chi connectivity index (χ4v) is 2.94. The molecule has 21 heavy (non-hydrogen) atoms. The summed E-state index contributed by atoms with van der Waals surface area (Å²) in [6.07, 6.45) is 3.38. The lowest BCUT2D eigenvalue weighted by Crippen LogP contribution is -2.38. The number of ketones is 1. The van der Waals surface area contributed by atoms with Crippen molar-refractivity contribution in [2.24, 2.45) is 10.9 Å². The number of methoxy groups -OCH3 is 1. The highest BCUT2D eigenvalue weighted by molar-refractivity contribution is 6.11. The topological polar surface area (TPSA) is 55.7 Å². The molecule has 0 N–H and O–H groups in total. The number of Topliss-reactive ketones (excluding diaryl/α,β-unsaturated/α-hetero) is 1. The monoisotopic (exact) mass is 287 g/mol. The summed E-state index contributed by atoms with van der Waals surface area (Å²) in [6, 6.07) is 5.24. The van der Waals surface area contributed by atoms with Crippen molar-refractivity contribution >= 4 is 23.7 Å². The van der Waals surface area contributed by atoms with Crippen LogP contribution in [-0.2, 0) is 14.9 Å². The standard InChI is InChI=1S/C17H21NO3/c1-5-8-17(15(19)11(2)3)10-18-14-9-12(16(20)21-4)6-7-13(14)17/h6-7,9-11H,5,8H2,1-4H3. The van der Waals surface area contributed by atoms with Crippen LogP contribution in [0.2, 0.25) is 0 Å². The Morgan fingerprint density at radius 1 is 1.33 bits per heavy atom. The zero-order valence-corrected chi connectivity index (χ0v) is 13.0. The average molecular weight is 287 g/mol. The van der Waals surface area contributed by atoms with E-state index in [0.29, 0.717) is 11.3 Å². The Morgan fingerprint density at radius 2 is 2.05 bits per heavy atom.